The maximum atomic E-state index is 6.29. The van der Waals surface area contributed by atoms with E-state index < -0.39 is 0 Å². The van der Waals surface area contributed by atoms with Crippen molar-refractivity contribution in [2.24, 2.45) is 0 Å². The lowest BCUT2D eigenvalue weighted by atomic mass is 9.97. The third-order valence-electron chi connectivity index (χ3n) is 2.80. The summed E-state index contributed by atoms with van der Waals surface area (Å²) in [6.45, 7) is 1.85. The van der Waals surface area contributed by atoms with Crippen LogP contribution in [0.5, 0.6) is 0 Å². The fourth-order valence-electron chi connectivity index (χ4n) is 2.09. The van der Waals surface area contributed by atoms with E-state index in [0.717, 1.165) is 24.1 Å². The molecule has 0 unspecified atom stereocenters. The molecule has 1 aliphatic carbocycles. The van der Waals surface area contributed by atoms with Crippen LogP contribution in [0.3, 0.4) is 0 Å². The maximum absolute atomic E-state index is 6.29. The van der Waals surface area contributed by atoms with Crippen LogP contribution in [-0.4, -0.2) is 19.6 Å². The lowest BCUT2D eigenvalue weighted by molar-refractivity contribution is 0.659. The highest BCUT2D eigenvalue weighted by Gasteiger charge is 2.18. The van der Waals surface area contributed by atoms with E-state index in [-0.39, 0.29) is 0 Å². The Bertz CT molecular complexity index is 532. The number of hydrogen-bond acceptors (Lipinski definition) is 3. The molecule has 1 aliphatic rings. The molecule has 78 valence electrons. The van der Waals surface area contributed by atoms with Gasteiger partial charge < -0.3 is 0 Å². The molecule has 0 aromatic carbocycles. The number of halogens is 1. The van der Waals surface area contributed by atoms with Gasteiger partial charge >= 0.3 is 0 Å². The van der Waals surface area contributed by atoms with Gasteiger partial charge in [0.1, 0.15) is 11.0 Å². The number of aromatic nitrogens is 4. The number of rotatable bonds is 0. The van der Waals surface area contributed by atoms with E-state index in [1.165, 1.54) is 12.8 Å². The van der Waals surface area contributed by atoms with E-state index in [0.29, 0.717) is 16.8 Å². The third-order valence-corrected chi connectivity index (χ3v) is 3.19. The summed E-state index contributed by atoms with van der Waals surface area (Å²) in [5, 5.41) is 4.92. The zero-order valence-corrected chi connectivity index (χ0v) is 9.25. The maximum Gasteiger partial charge on any atom is 0.254 e. The Morgan fingerprint density at radius 1 is 1.20 bits per heavy atom. The van der Waals surface area contributed by atoms with Crippen molar-refractivity contribution in [3.63, 3.8) is 0 Å². The van der Waals surface area contributed by atoms with Crippen molar-refractivity contribution in [2.45, 2.75) is 32.6 Å². The Balaban J connectivity index is 2.35. The summed E-state index contributed by atoms with van der Waals surface area (Å²) >= 11 is 6.29. The monoisotopic (exact) mass is 222 g/mol. The lowest BCUT2D eigenvalue weighted by Crippen LogP contribution is -2.10. The molecule has 0 fully saturated rings. The van der Waals surface area contributed by atoms with Crippen molar-refractivity contribution in [3.05, 3.63) is 22.2 Å². The number of aryl methyl sites for hydroxylation is 2. The summed E-state index contributed by atoms with van der Waals surface area (Å²) < 4.78 is 1.64. The topological polar surface area (TPSA) is 43.1 Å². The second kappa shape index (κ2) is 3.17. The zero-order valence-electron chi connectivity index (χ0n) is 8.50. The molecule has 2 aromatic rings. The number of fused-ring (bicyclic) bond motifs is 2. The molecule has 0 saturated carbocycles. The van der Waals surface area contributed by atoms with Crippen molar-refractivity contribution in [3.8, 4) is 0 Å². The van der Waals surface area contributed by atoms with Gasteiger partial charge in [-0.05, 0) is 32.6 Å². The van der Waals surface area contributed by atoms with E-state index in [9.17, 15) is 0 Å². The molecule has 0 bridgehead atoms. The Morgan fingerprint density at radius 2 is 2.00 bits per heavy atom. The first-order valence-electron chi connectivity index (χ1n) is 5.16. The minimum atomic E-state index is 0.623. The first kappa shape index (κ1) is 9.09. The van der Waals surface area contributed by atoms with Crippen LogP contribution in [-0.2, 0) is 12.8 Å². The molecule has 0 saturated heterocycles. The molecule has 15 heavy (non-hydrogen) atoms. The highest BCUT2D eigenvalue weighted by molar-refractivity contribution is 6.30. The van der Waals surface area contributed by atoms with Gasteiger partial charge in [-0.1, -0.05) is 11.6 Å². The van der Waals surface area contributed by atoms with Gasteiger partial charge in [-0.2, -0.15) is 9.50 Å². The average molecular weight is 223 g/mol. The van der Waals surface area contributed by atoms with Crippen molar-refractivity contribution >= 4 is 17.4 Å². The van der Waals surface area contributed by atoms with Crippen LogP contribution in [0.15, 0.2) is 0 Å². The van der Waals surface area contributed by atoms with Crippen LogP contribution < -0.4 is 0 Å². The van der Waals surface area contributed by atoms with Crippen LogP contribution in [0, 0.1) is 6.92 Å². The minimum absolute atomic E-state index is 0.623. The van der Waals surface area contributed by atoms with Crippen molar-refractivity contribution in [1.82, 2.24) is 19.6 Å². The number of nitrogens with zero attached hydrogens (tertiary/aromatic N) is 4. The first-order valence-corrected chi connectivity index (χ1v) is 5.54. The van der Waals surface area contributed by atoms with Gasteiger partial charge in [0.2, 0.25) is 0 Å². The molecule has 0 aliphatic heterocycles. The molecule has 3 rings (SSSR count). The molecule has 0 atom stereocenters. The second-order valence-corrected chi connectivity index (χ2v) is 4.26. The van der Waals surface area contributed by atoms with Crippen LogP contribution in [0.4, 0.5) is 0 Å². The Kier molecular flexibility index (Phi) is 1.92. The molecule has 2 aromatic heterocycles. The van der Waals surface area contributed by atoms with Crippen LogP contribution in [0.1, 0.15) is 29.9 Å². The highest BCUT2D eigenvalue weighted by Crippen LogP contribution is 2.26. The number of hydrogen-bond donors (Lipinski definition) is 0. The molecular formula is C10H11ClN4. The zero-order chi connectivity index (χ0) is 10.4. The standard InChI is InChI=1S/C10H11ClN4/c1-6-12-10-13-8-5-3-2-4-7(8)9(11)15(10)14-6/h2-5H2,1H3. The minimum Gasteiger partial charge on any atom is -0.216 e. The van der Waals surface area contributed by atoms with Crippen LogP contribution in [0.25, 0.3) is 5.78 Å². The van der Waals surface area contributed by atoms with Crippen LogP contribution >= 0.6 is 11.6 Å². The fraction of sp³-hybridized carbons (Fsp3) is 0.500. The van der Waals surface area contributed by atoms with Gasteiger partial charge in [0.05, 0.1) is 5.69 Å². The van der Waals surface area contributed by atoms with E-state index in [1.807, 2.05) is 6.92 Å². The SMILES string of the molecule is Cc1nc2nc3c(c(Cl)n2n1)CCCC3. The molecule has 2 heterocycles. The Labute approximate surface area is 92.3 Å². The highest BCUT2D eigenvalue weighted by atomic mass is 35.5. The van der Waals surface area contributed by atoms with Gasteiger partial charge in [-0.25, -0.2) is 4.98 Å². The summed E-state index contributed by atoms with van der Waals surface area (Å²) in [6, 6.07) is 0. The summed E-state index contributed by atoms with van der Waals surface area (Å²) in [5.41, 5.74) is 2.26. The summed E-state index contributed by atoms with van der Waals surface area (Å²) in [4.78, 5) is 8.74. The summed E-state index contributed by atoms with van der Waals surface area (Å²) in [5.74, 6) is 1.34. The quantitative estimate of drug-likeness (QED) is 0.640. The fourth-order valence-corrected chi connectivity index (χ4v) is 2.41. The van der Waals surface area contributed by atoms with E-state index in [2.05, 4.69) is 15.1 Å². The Morgan fingerprint density at radius 3 is 2.87 bits per heavy atom. The van der Waals surface area contributed by atoms with Gasteiger partial charge in [0.15, 0.2) is 0 Å². The van der Waals surface area contributed by atoms with E-state index >= 15 is 0 Å². The second-order valence-electron chi connectivity index (χ2n) is 3.91. The normalized spacial score (nSPS) is 15.6. The smallest absolute Gasteiger partial charge is 0.216 e. The largest absolute Gasteiger partial charge is 0.254 e. The predicted octanol–water partition coefficient (Wildman–Crippen LogP) is 1.96. The summed E-state index contributed by atoms with van der Waals surface area (Å²) in [6.07, 6.45) is 4.40. The van der Waals surface area contributed by atoms with Gasteiger partial charge in [0, 0.05) is 5.56 Å². The summed E-state index contributed by atoms with van der Waals surface area (Å²) in [7, 11) is 0. The van der Waals surface area contributed by atoms with E-state index in [4.69, 9.17) is 11.6 Å². The molecule has 4 nitrogen and oxygen atoms in total. The molecule has 0 N–H and O–H groups in total. The predicted molar refractivity (Wildman–Crippen MR) is 57.2 cm³/mol. The molecule has 0 amide bonds. The van der Waals surface area contributed by atoms with Gasteiger partial charge in [-0.3, -0.25) is 0 Å². The average Bonchev–Trinajstić information content (AvgIpc) is 2.59. The molecule has 0 spiro atoms. The van der Waals surface area contributed by atoms with Gasteiger partial charge in [0.25, 0.3) is 5.78 Å². The van der Waals surface area contributed by atoms with Crippen molar-refractivity contribution in [1.29, 1.82) is 0 Å². The molecule has 0 radical (unpaired) electrons. The third kappa shape index (κ3) is 1.32. The first-order chi connectivity index (χ1) is 7.25. The lowest BCUT2D eigenvalue weighted by Gasteiger charge is -2.15. The Hall–Kier alpha value is -1.16. The molecule has 5 heteroatoms. The van der Waals surface area contributed by atoms with Crippen molar-refractivity contribution in [2.75, 3.05) is 0 Å². The van der Waals surface area contributed by atoms with Crippen LogP contribution in [0.2, 0.25) is 5.15 Å². The van der Waals surface area contributed by atoms with Crippen molar-refractivity contribution < 1.29 is 0 Å². The van der Waals surface area contributed by atoms with Gasteiger partial charge in [-0.15, -0.1) is 5.10 Å². The van der Waals surface area contributed by atoms with E-state index in [1.54, 1.807) is 4.52 Å². The molecular weight excluding hydrogens is 212 g/mol.